The highest BCUT2D eigenvalue weighted by molar-refractivity contribution is 6.31. The summed E-state index contributed by atoms with van der Waals surface area (Å²) in [5, 5.41) is 14.7. The molecule has 0 bridgehead atoms. The Kier molecular flexibility index (Phi) is 6.74. The van der Waals surface area contributed by atoms with Crippen molar-refractivity contribution in [2.24, 2.45) is 7.05 Å². The minimum Gasteiger partial charge on any atom is -0.507 e. The van der Waals surface area contributed by atoms with Crippen LogP contribution in [0.5, 0.6) is 5.75 Å². The van der Waals surface area contributed by atoms with Crippen LogP contribution in [-0.4, -0.2) is 14.9 Å². The maximum atomic E-state index is 13.6. The largest absolute Gasteiger partial charge is 0.507 e. The van der Waals surface area contributed by atoms with E-state index in [1.54, 1.807) is 30.3 Å². The normalized spacial score (nSPS) is 12.2. The lowest BCUT2D eigenvalue weighted by Crippen LogP contribution is -2.06. The van der Waals surface area contributed by atoms with Gasteiger partial charge in [-0.15, -0.1) is 0 Å². The summed E-state index contributed by atoms with van der Waals surface area (Å²) in [5.74, 6) is -0.492. The lowest BCUT2D eigenvalue weighted by molar-refractivity contribution is -0.141. The first-order chi connectivity index (χ1) is 16.8. The second kappa shape index (κ2) is 9.37. The first kappa shape index (κ1) is 25.9. The molecule has 0 unspecified atom stereocenters. The van der Waals surface area contributed by atoms with Crippen LogP contribution in [-0.2, 0) is 25.8 Å². The SMILES string of the molecule is Cn1nc(C(F)(F)F)cc1-c1ccc(Cc2ccc(Cl)cc2)c(-c2ccc(Cl)c(C(F)(F)F)c2)c1O. The first-order valence-electron chi connectivity index (χ1n) is 10.3. The molecule has 3 nitrogen and oxygen atoms in total. The van der Waals surface area contributed by atoms with Crippen LogP contribution >= 0.6 is 23.2 Å². The molecular weight excluding hydrogens is 529 g/mol. The number of hydrogen-bond acceptors (Lipinski definition) is 2. The summed E-state index contributed by atoms with van der Waals surface area (Å²) in [7, 11) is 1.27. The number of phenolic OH excluding ortho intramolecular Hbond substituents is 1. The number of nitrogens with zero attached hydrogens (tertiary/aromatic N) is 2. The highest BCUT2D eigenvalue weighted by Crippen LogP contribution is 2.45. The van der Waals surface area contributed by atoms with Crippen molar-refractivity contribution in [2.75, 3.05) is 0 Å². The smallest absolute Gasteiger partial charge is 0.435 e. The molecule has 0 aliphatic carbocycles. The average molecular weight is 545 g/mol. The quantitative estimate of drug-likeness (QED) is 0.262. The third-order valence-electron chi connectivity index (χ3n) is 5.58. The van der Waals surface area contributed by atoms with E-state index in [1.165, 1.54) is 19.2 Å². The van der Waals surface area contributed by atoms with Gasteiger partial charge < -0.3 is 5.11 Å². The fourth-order valence-electron chi connectivity index (χ4n) is 3.89. The van der Waals surface area contributed by atoms with E-state index in [2.05, 4.69) is 5.10 Å². The molecule has 1 heterocycles. The van der Waals surface area contributed by atoms with Crippen molar-refractivity contribution in [3.05, 3.63) is 93.1 Å². The van der Waals surface area contributed by atoms with Crippen molar-refractivity contribution in [1.82, 2.24) is 9.78 Å². The van der Waals surface area contributed by atoms with E-state index >= 15 is 0 Å². The van der Waals surface area contributed by atoms with Gasteiger partial charge in [0.15, 0.2) is 5.69 Å². The Morgan fingerprint density at radius 1 is 0.861 bits per heavy atom. The number of benzene rings is 3. The van der Waals surface area contributed by atoms with Crippen LogP contribution in [0.3, 0.4) is 0 Å². The van der Waals surface area contributed by atoms with E-state index < -0.39 is 34.4 Å². The summed E-state index contributed by atoms with van der Waals surface area (Å²) in [4.78, 5) is 0. The van der Waals surface area contributed by atoms with Crippen molar-refractivity contribution in [1.29, 1.82) is 0 Å². The minimum atomic E-state index is -4.76. The van der Waals surface area contributed by atoms with Gasteiger partial charge in [0, 0.05) is 23.2 Å². The van der Waals surface area contributed by atoms with Crippen molar-refractivity contribution < 1.29 is 31.4 Å². The van der Waals surface area contributed by atoms with E-state index in [9.17, 15) is 31.4 Å². The van der Waals surface area contributed by atoms with Gasteiger partial charge in [0.05, 0.1) is 16.3 Å². The Hall–Kier alpha value is -3.17. The summed E-state index contributed by atoms with van der Waals surface area (Å²) < 4.78 is 81.3. The monoisotopic (exact) mass is 544 g/mol. The molecule has 0 aliphatic heterocycles. The summed E-state index contributed by atoms with van der Waals surface area (Å²) >= 11 is 11.7. The number of hydrogen-bond donors (Lipinski definition) is 1. The highest BCUT2D eigenvalue weighted by Gasteiger charge is 2.36. The lowest BCUT2D eigenvalue weighted by Gasteiger charge is -2.18. The summed E-state index contributed by atoms with van der Waals surface area (Å²) in [6.07, 6.45) is -9.29. The molecule has 4 rings (SSSR count). The van der Waals surface area contributed by atoms with Crippen molar-refractivity contribution in [3.8, 4) is 28.1 Å². The number of rotatable bonds is 4. The van der Waals surface area contributed by atoms with Crippen LogP contribution in [0, 0.1) is 0 Å². The number of halogens is 8. The van der Waals surface area contributed by atoms with Crippen LogP contribution in [0.2, 0.25) is 10.0 Å². The van der Waals surface area contributed by atoms with Crippen LogP contribution in [0.25, 0.3) is 22.4 Å². The van der Waals surface area contributed by atoms with Gasteiger partial charge in [0.25, 0.3) is 0 Å². The van der Waals surface area contributed by atoms with Crippen LogP contribution in [0.15, 0.2) is 60.7 Å². The Bertz CT molecular complexity index is 1430. The molecule has 4 aromatic rings. The third-order valence-corrected chi connectivity index (χ3v) is 6.16. The Morgan fingerprint density at radius 2 is 1.53 bits per heavy atom. The second-order valence-corrected chi connectivity index (χ2v) is 8.87. The molecule has 1 aromatic heterocycles. The summed E-state index contributed by atoms with van der Waals surface area (Å²) in [6.45, 7) is 0. The van der Waals surface area contributed by atoms with Gasteiger partial charge >= 0.3 is 12.4 Å². The van der Waals surface area contributed by atoms with E-state index in [4.69, 9.17) is 23.2 Å². The van der Waals surface area contributed by atoms with Gasteiger partial charge in [-0.05, 0) is 59.5 Å². The predicted octanol–water partition coefficient (Wildman–Crippen LogP) is 8.39. The minimum absolute atomic E-state index is 0.00625. The van der Waals surface area contributed by atoms with Crippen LogP contribution in [0.1, 0.15) is 22.4 Å². The average Bonchev–Trinajstić information content (AvgIpc) is 3.17. The van der Waals surface area contributed by atoms with E-state index in [0.717, 1.165) is 28.4 Å². The zero-order valence-electron chi connectivity index (χ0n) is 18.3. The van der Waals surface area contributed by atoms with Crippen molar-refractivity contribution in [3.63, 3.8) is 0 Å². The molecule has 188 valence electrons. The molecular formula is C25H16Cl2F6N2O. The van der Waals surface area contributed by atoms with Crippen molar-refractivity contribution >= 4 is 23.2 Å². The molecule has 0 radical (unpaired) electrons. The number of alkyl halides is 6. The highest BCUT2D eigenvalue weighted by atomic mass is 35.5. The molecule has 0 saturated heterocycles. The maximum Gasteiger partial charge on any atom is 0.435 e. The number of phenols is 1. The maximum absolute atomic E-state index is 13.6. The molecule has 3 aromatic carbocycles. The van der Waals surface area contributed by atoms with Crippen LogP contribution in [0.4, 0.5) is 26.3 Å². The topological polar surface area (TPSA) is 38.0 Å². The van der Waals surface area contributed by atoms with Gasteiger partial charge in [-0.3, -0.25) is 4.68 Å². The summed E-state index contributed by atoms with van der Waals surface area (Å²) in [6, 6.07) is 13.6. The molecule has 0 atom stereocenters. The molecule has 0 amide bonds. The van der Waals surface area contributed by atoms with Gasteiger partial charge in [-0.1, -0.05) is 47.5 Å². The number of aryl methyl sites for hydroxylation is 1. The Morgan fingerprint density at radius 3 is 2.11 bits per heavy atom. The fraction of sp³-hybridized carbons (Fsp3) is 0.160. The summed E-state index contributed by atoms with van der Waals surface area (Å²) in [5.41, 5.74) is -1.17. The van der Waals surface area contributed by atoms with E-state index in [-0.39, 0.29) is 28.8 Å². The Balaban J connectivity index is 1.94. The van der Waals surface area contributed by atoms with Gasteiger partial charge in [-0.25, -0.2) is 0 Å². The van der Waals surface area contributed by atoms with Gasteiger partial charge in [-0.2, -0.15) is 31.4 Å². The number of aromatic nitrogens is 2. The molecule has 1 N–H and O–H groups in total. The standard InChI is InChI=1S/C25H16Cl2F6N2O/c1-35-20(12-21(34-35)25(31,32)33)17-8-4-14(10-13-2-6-16(26)7-3-13)22(23(17)36)15-5-9-19(27)18(11-15)24(28,29)30/h2-9,11-12,36H,10H2,1H3. The van der Waals surface area contributed by atoms with E-state index in [0.29, 0.717) is 10.6 Å². The van der Waals surface area contributed by atoms with Crippen molar-refractivity contribution in [2.45, 2.75) is 18.8 Å². The zero-order valence-corrected chi connectivity index (χ0v) is 19.9. The fourth-order valence-corrected chi connectivity index (χ4v) is 4.24. The van der Waals surface area contributed by atoms with Gasteiger partial charge in [0.2, 0.25) is 0 Å². The molecule has 0 fully saturated rings. The van der Waals surface area contributed by atoms with Gasteiger partial charge in [0.1, 0.15) is 5.75 Å². The van der Waals surface area contributed by atoms with Crippen LogP contribution < -0.4 is 0 Å². The molecule has 11 heteroatoms. The molecule has 0 spiro atoms. The molecule has 0 aliphatic rings. The predicted molar refractivity (Wildman–Crippen MR) is 125 cm³/mol. The lowest BCUT2D eigenvalue weighted by atomic mass is 9.90. The first-order valence-corrected chi connectivity index (χ1v) is 11.1. The Labute approximate surface area is 211 Å². The molecule has 36 heavy (non-hydrogen) atoms. The zero-order chi connectivity index (χ0) is 26.4. The third kappa shape index (κ3) is 5.17. The number of aromatic hydroxyl groups is 1. The second-order valence-electron chi connectivity index (χ2n) is 8.03. The van der Waals surface area contributed by atoms with E-state index in [1.807, 2.05) is 0 Å². The molecule has 0 saturated carbocycles.